The first-order chi connectivity index (χ1) is 10.7. The van der Waals surface area contributed by atoms with E-state index in [2.05, 4.69) is 17.1 Å². The molecule has 4 heteroatoms. The predicted molar refractivity (Wildman–Crippen MR) is 86.0 cm³/mol. The smallest absolute Gasteiger partial charge is 0.251 e. The molecule has 0 unspecified atom stereocenters. The number of nitrogens with one attached hydrogen (secondary N) is 1. The minimum absolute atomic E-state index is 0.0453. The quantitative estimate of drug-likeness (QED) is 0.947. The Bertz CT molecular complexity index is 698. The van der Waals surface area contributed by atoms with Gasteiger partial charge in [-0.05, 0) is 62.0 Å². The van der Waals surface area contributed by atoms with Crippen LogP contribution < -0.4 is 5.32 Å². The zero-order valence-electron chi connectivity index (χ0n) is 13.0. The Balaban J connectivity index is 1.55. The number of fused-ring (bicyclic) bond motifs is 4. The SMILES string of the molecule is CCc1coc2ccc(C(=O)N[C@H]3CN4CCC3CC4)cc12. The third-order valence-electron chi connectivity index (χ3n) is 5.27. The van der Waals surface area contributed by atoms with E-state index in [4.69, 9.17) is 4.42 Å². The highest BCUT2D eigenvalue weighted by Gasteiger charge is 2.34. The number of benzene rings is 1. The molecule has 4 heterocycles. The van der Waals surface area contributed by atoms with Gasteiger partial charge in [0.05, 0.1) is 6.26 Å². The van der Waals surface area contributed by atoms with E-state index in [-0.39, 0.29) is 5.91 Å². The van der Waals surface area contributed by atoms with Gasteiger partial charge in [0.1, 0.15) is 5.58 Å². The Morgan fingerprint density at radius 1 is 1.36 bits per heavy atom. The number of carbonyl (C=O) groups is 1. The molecule has 4 nitrogen and oxygen atoms in total. The summed E-state index contributed by atoms with van der Waals surface area (Å²) in [6.45, 7) is 5.49. The fourth-order valence-corrected chi connectivity index (χ4v) is 3.88. The lowest BCUT2D eigenvalue weighted by Gasteiger charge is -2.44. The summed E-state index contributed by atoms with van der Waals surface area (Å²) in [5.41, 5.74) is 2.75. The maximum absolute atomic E-state index is 12.6. The standard InChI is InChI=1S/C18H22N2O2/c1-2-12-11-22-17-4-3-14(9-15(12)17)18(21)19-16-10-20-7-5-13(16)6-8-20/h3-4,9,11,13,16H,2,5-8,10H2,1H3,(H,19,21)/t16-/m0/s1. The Kier molecular flexibility index (Phi) is 3.41. The highest BCUT2D eigenvalue weighted by Crippen LogP contribution is 2.28. The van der Waals surface area contributed by atoms with Crippen molar-refractivity contribution >= 4 is 16.9 Å². The van der Waals surface area contributed by atoms with Crippen LogP contribution in [0.5, 0.6) is 0 Å². The number of aryl methyl sites for hydroxylation is 1. The first kappa shape index (κ1) is 13.8. The van der Waals surface area contributed by atoms with Crippen molar-refractivity contribution < 1.29 is 9.21 Å². The van der Waals surface area contributed by atoms with Crippen molar-refractivity contribution in [3.05, 3.63) is 35.6 Å². The minimum Gasteiger partial charge on any atom is -0.464 e. The average Bonchev–Trinajstić information content (AvgIpc) is 2.98. The molecule has 1 amide bonds. The molecule has 1 N–H and O–H groups in total. The van der Waals surface area contributed by atoms with Crippen LogP contribution in [0.1, 0.15) is 35.7 Å². The molecule has 2 bridgehead atoms. The lowest BCUT2D eigenvalue weighted by atomic mass is 9.84. The van der Waals surface area contributed by atoms with Gasteiger partial charge < -0.3 is 14.6 Å². The Morgan fingerprint density at radius 2 is 2.18 bits per heavy atom. The third-order valence-corrected chi connectivity index (χ3v) is 5.27. The van der Waals surface area contributed by atoms with Gasteiger partial charge in [-0.2, -0.15) is 0 Å². The molecule has 0 spiro atoms. The molecule has 3 aliphatic heterocycles. The minimum atomic E-state index is 0.0453. The number of rotatable bonds is 3. The molecule has 1 atom stereocenters. The van der Waals surface area contributed by atoms with Crippen LogP contribution in [0, 0.1) is 5.92 Å². The van der Waals surface area contributed by atoms with Gasteiger partial charge >= 0.3 is 0 Å². The normalized spacial score (nSPS) is 27.2. The Labute approximate surface area is 130 Å². The highest BCUT2D eigenvalue weighted by molar-refractivity contribution is 5.98. The zero-order valence-corrected chi connectivity index (χ0v) is 13.0. The summed E-state index contributed by atoms with van der Waals surface area (Å²) < 4.78 is 5.53. The van der Waals surface area contributed by atoms with Crippen molar-refractivity contribution in [1.29, 1.82) is 0 Å². The summed E-state index contributed by atoms with van der Waals surface area (Å²) in [5, 5.41) is 4.31. The summed E-state index contributed by atoms with van der Waals surface area (Å²) >= 11 is 0. The molecule has 1 aromatic heterocycles. The fraction of sp³-hybridized carbons (Fsp3) is 0.500. The van der Waals surface area contributed by atoms with Gasteiger partial charge in [-0.1, -0.05) is 6.92 Å². The summed E-state index contributed by atoms with van der Waals surface area (Å²) in [6.07, 6.45) is 5.13. The number of carbonyl (C=O) groups excluding carboxylic acids is 1. The van der Waals surface area contributed by atoms with Crippen LogP contribution in [-0.4, -0.2) is 36.5 Å². The van der Waals surface area contributed by atoms with Crippen LogP contribution in [0.3, 0.4) is 0 Å². The van der Waals surface area contributed by atoms with E-state index in [0.717, 1.165) is 35.1 Å². The maximum Gasteiger partial charge on any atom is 0.251 e. The van der Waals surface area contributed by atoms with Crippen LogP contribution in [0.15, 0.2) is 28.9 Å². The van der Waals surface area contributed by atoms with E-state index in [1.807, 2.05) is 18.2 Å². The number of amides is 1. The van der Waals surface area contributed by atoms with Gasteiger partial charge in [0.2, 0.25) is 0 Å². The molecule has 22 heavy (non-hydrogen) atoms. The topological polar surface area (TPSA) is 45.5 Å². The number of nitrogens with zero attached hydrogens (tertiary/aromatic N) is 1. The number of hydrogen-bond donors (Lipinski definition) is 1. The monoisotopic (exact) mass is 298 g/mol. The summed E-state index contributed by atoms with van der Waals surface area (Å²) in [4.78, 5) is 15.1. The van der Waals surface area contributed by atoms with Crippen molar-refractivity contribution in [3.63, 3.8) is 0 Å². The van der Waals surface area contributed by atoms with Crippen molar-refractivity contribution in [3.8, 4) is 0 Å². The molecule has 0 saturated carbocycles. The van der Waals surface area contributed by atoms with Crippen LogP contribution in [0.2, 0.25) is 0 Å². The van der Waals surface area contributed by atoms with Gasteiger partial charge in [0.15, 0.2) is 0 Å². The van der Waals surface area contributed by atoms with Crippen molar-refractivity contribution in [2.75, 3.05) is 19.6 Å². The Hall–Kier alpha value is -1.81. The van der Waals surface area contributed by atoms with E-state index >= 15 is 0 Å². The van der Waals surface area contributed by atoms with Gasteiger partial charge in [-0.25, -0.2) is 0 Å². The molecule has 1 aromatic carbocycles. The van der Waals surface area contributed by atoms with E-state index < -0.39 is 0 Å². The van der Waals surface area contributed by atoms with Crippen molar-refractivity contribution in [2.45, 2.75) is 32.2 Å². The average molecular weight is 298 g/mol. The van der Waals surface area contributed by atoms with E-state index in [9.17, 15) is 4.79 Å². The molecule has 3 saturated heterocycles. The molecule has 116 valence electrons. The van der Waals surface area contributed by atoms with Crippen molar-refractivity contribution in [2.24, 2.45) is 5.92 Å². The number of hydrogen-bond acceptors (Lipinski definition) is 3. The van der Waals surface area contributed by atoms with E-state index in [0.29, 0.717) is 12.0 Å². The lowest BCUT2D eigenvalue weighted by molar-refractivity contribution is 0.0620. The van der Waals surface area contributed by atoms with Crippen LogP contribution in [0.4, 0.5) is 0 Å². The fourth-order valence-electron chi connectivity index (χ4n) is 3.88. The van der Waals surface area contributed by atoms with E-state index in [1.165, 1.54) is 25.9 Å². The summed E-state index contributed by atoms with van der Waals surface area (Å²) in [5.74, 6) is 0.696. The molecule has 3 fully saturated rings. The first-order valence-electron chi connectivity index (χ1n) is 8.28. The summed E-state index contributed by atoms with van der Waals surface area (Å²) in [6, 6.07) is 6.04. The van der Waals surface area contributed by atoms with Gasteiger partial charge in [-0.15, -0.1) is 0 Å². The van der Waals surface area contributed by atoms with Crippen molar-refractivity contribution in [1.82, 2.24) is 10.2 Å². The number of furan rings is 1. The van der Waals surface area contributed by atoms with Gasteiger partial charge in [0, 0.05) is 23.5 Å². The molecule has 3 aliphatic rings. The predicted octanol–water partition coefficient (Wildman–Crippen LogP) is 2.82. The highest BCUT2D eigenvalue weighted by atomic mass is 16.3. The third kappa shape index (κ3) is 2.31. The first-order valence-corrected chi connectivity index (χ1v) is 8.28. The maximum atomic E-state index is 12.6. The molecule has 0 radical (unpaired) electrons. The van der Waals surface area contributed by atoms with Crippen LogP contribution in [-0.2, 0) is 6.42 Å². The largest absolute Gasteiger partial charge is 0.464 e. The second-order valence-electron chi connectivity index (χ2n) is 6.54. The molecule has 2 aromatic rings. The van der Waals surface area contributed by atoms with E-state index in [1.54, 1.807) is 6.26 Å². The van der Waals surface area contributed by atoms with Crippen LogP contribution >= 0.6 is 0 Å². The Morgan fingerprint density at radius 3 is 2.86 bits per heavy atom. The molecule has 0 aliphatic carbocycles. The summed E-state index contributed by atoms with van der Waals surface area (Å²) in [7, 11) is 0. The molecular formula is C18H22N2O2. The zero-order chi connectivity index (χ0) is 15.1. The second-order valence-corrected chi connectivity index (χ2v) is 6.54. The van der Waals surface area contributed by atoms with Crippen LogP contribution in [0.25, 0.3) is 11.0 Å². The molecule has 5 rings (SSSR count). The second kappa shape index (κ2) is 5.43. The number of piperidine rings is 3. The lowest BCUT2D eigenvalue weighted by Crippen LogP contribution is -2.57. The van der Waals surface area contributed by atoms with Gasteiger partial charge in [-0.3, -0.25) is 4.79 Å². The van der Waals surface area contributed by atoms with Gasteiger partial charge in [0.25, 0.3) is 5.91 Å². The molecular weight excluding hydrogens is 276 g/mol.